The summed E-state index contributed by atoms with van der Waals surface area (Å²) in [5.74, 6) is 0. The van der Waals surface area contributed by atoms with Gasteiger partial charge in [0.05, 0.1) is 27.8 Å². The minimum atomic E-state index is 0.873. The molecule has 0 N–H and O–H groups in total. The SMILES string of the molecule is c1ccc(N(c2ccc3c(c2)c2ccccc2n3-c2ccc3c(c2)c2ccccc2n3-c2ccccc2)c2cccc3c2oc2ccccc23)cc1. The summed E-state index contributed by atoms with van der Waals surface area (Å²) in [5, 5.41) is 7.10. The third-order valence-corrected chi connectivity index (χ3v) is 10.5. The molecule has 244 valence electrons. The van der Waals surface area contributed by atoms with Crippen LogP contribution in [-0.2, 0) is 0 Å². The average molecular weight is 666 g/mol. The molecule has 0 aliphatic heterocycles. The van der Waals surface area contributed by atoms with Crippen LogP contribution < -0.4 is 4.90 Å². The fourth-order valence-electron chi connectivity index (χ4n) is 8.25. The molecule has 11 aromatic rings. The van der Waals surface area contributed by atoms with Crippen LogP contribution >= 0.6 is 0 Å². The molecule has 3 heterocycles. The van der Waals surface area contributed by atoms with Crippen molar-refractivity contribution in [2.75, 3.05) is 4.90 Å². The Kier molecular flexibility index (Phi) is 6.22. The normalized spacial score (nSPS) is 11.8. The second-order valence-corrected chi connectivity index (χ2v) is 13.4. The smallest absolute Gasteiger partial charge is 0.159 e. The molecule has 0 unspecified atom stereocenters. The van der Waals surface area contributed by atoms with E-state index in [2.05, 4.69) is 190 Å². The molecule has 0 saturated heterocycles. The van der Waals surface area contributed by atoms with Crippen LogP contribution in [0.4, 0.5) is 17.1 Å². The van der Waals surface area contributed by atoms with E-state index in [9.17, 15) is 0 Å². The maximum Gasteiger partial charge on any atom is 0.159 e. The number of anilines is 3. The molecule has 0 atom stereocenters. The van der Waals surface area contributed by atoms with Gasteiger partial charge < -0.3 is 18.5 Å². The Bertz CT molecular complexity index is 3130. The Balaban J connectivity index is 1.14. The third-order valence-electron chi connectivity index (χ3n) is 10.5. The predicted molar refractivity (Wildman–Crippen MR) is 217 cm³/mol. The minimum Gasteiger partial charge on any atom is -0.454 e. The molecule has 0 bridgehead atoms. The first kappa shape index (κ1) is 28.8. The monoisotopic (exact) mass is 665 g/mol. The van der Waals surface area contributed by atoms with Gasteiger partial charge in [-0.3, -0.25) is 0 Å². The zero-order valence-corrected chi connectivity index (χ0v) is 28.1. The summed E-state index contributed by atoms with van der Waals surface area (Å²) in [4.78, 5) is 2.32. The van der Waals surface area contributed by atoms with Gasteiger partial charge in [0.2, 0.25) is 0 Å². The molecule has 52 heavy (non-hydrogen) atoms. The largest absolute Gasteiger partial charge is 0.454 e. The van der Waals surface area contributed by atoms with Gasteiger partial charge in [-0.15, -0.1) is 0 Å². The third kappa shape index (κ3) is 4.21. The number of hydrogen-bond donors (Lipinski definition) is 0. The van der Waals surface area contributed by atoms with E-state index in [1.165, 1.54) is 38.1 Å². The molecule has 8 aromatic carbocycles. The number of rotatable bonds is 5. The van der Waals surface area contributed by atoms with Gasteiger partial charge in [-0.05, 0) is 84.9 Å². The zero-order valence-electron chi connectivity index (χ0n) is 28.1. The first-order chi connectivity index (χ1) is 25.8. The van der Waals surface area contributed by atoms with Crippen LogP contribution in [-0.4, -0.2) is 9.13 Å². The second-order valence-electron chi connectivity index (χ2n) is 13.4. The highest BCUT2D eigenvalue weighted by molar-refractivity contribution is 6.14. The number of aromatic nitrogens is 2. The Morgan fingerprint density at radius 2 is 0.904 bits per heavy atom. The van der Waals surface area contributed by atoms with E-state index in [0.717, 1.165) is 55.9 Å². The fraction of sp³-hybridized carbons (Fsp3) is 0. The number of furan rings is 1. The molecule has 4 heteroatoms. The van der Waals surface area contributed by atoms with Crippen molar-refractivity contribution in [3.8, 4) is 11.4 Å². The Morgan fingerprint density at radius 3 is 1.65 bits per heavy atom. The lowest BCUT2D eigenvalue weighted by Gasteiger charge is -2.25. The number of nitrogens with zero attached hydrogens (tertiary/aromatic N) is 3. The molecule has 0 saturated carbocycles. The number of benzene rings is 8. The second kappa shape index (κ2) is 11.2. The number of hydrogen-bond acceptors (Lipinski definition) is 2. The van der Waals surface area contributed by atoms with Crippen molar-refractivity contribution >= 4 is 82.6 Å². The summed E-state index contributed by atoms with van der Waals surface area (Å²) in [5.41, 5.74) is 11.9. The molecular formula is C48H31N3O. The lowest BCUT2D eigenvalue weighted by Crippen LogP contribution is -2.10. The van der Waals surface area contributed by atoms with Gasteiger partial charge in [-0.25, -0.2) is 0 Å². The minimum absolute atomic E-state index is 0.873. The average Bonchev–Trinajstić information content (AvgIpc) is 3.87. The van der Waals surface area contributed by atoms with Crippen LogP contribution in [0.2, 0.25) is 0 Å². The van der Waals surface area contributed by atoms with Crippen LogP contribution in [0.5, 0.6) is 0 Å². The van der Waals surface area contributed by atoms with E-state index in [1.807, 2.05) is 12.1 Å². The summed E-state index contributed by atoms with van der Waals surface area (Å²) in [6, 6.07) is 67.1. The van der Waals surface area contributed by atoms with Gasteiger partial charge in [-0.1, -0.05) is 103 Å². The quantitative estimate of drug-likeness (QED) is 0.183. The number of para-hydroxylation sites is 6. The van der Waals surface area contributed by atoms with Crippen molar-refractivity contribution in [3.63, 3.8) is 0 Å². The van der Waals surface area contributed by atoms with E-state index < -0.39 is 0 Å². The van der Waals surface area contributed by atoms with Crippen LogP contribution in [0.25, 0.3) is 76.9 Å². The molecule has 4 nitrogen and oxygen atoms in total. The molecule has 0 radical (unpaired) electrons. The van der Waals surface area contributed by atoms with Gasteiger partial charge in [-0.2, -0.15) is 0 Å². The van der Waals surface area contributed by atoms with E-state index in [0.29, 0.717) is 0 Å². The molecule has 0 aliphatic rings. The molecule has 11 rings (SSSR count). The molecule has 0 spiro atoms. The standard InChI is InChI=1S/C48H31N3O/c1-3-14-32(15-4-1)49(46-24-13-21-39-38-20-9-12-25-47(38)52-48(39)46)34-26-28-45-40(30-34)37-19-8-11-23-43(37)51(45)35-27-29-44-41(31-35)36-18-7-10-22-42(36)50(44)33-16-5-2-6-17-33/h1-31H. The van der Waals surface area contributed by atoms with Crippen LogP contribution in [0.3, 0.4) is 0 Å². The summed E-state index contributed by atoms with van der Waals surface area (Å²) in [6.07, 6.45) is 0. The first-order valence-corrected chi connectivity index (χ1v) is 17.7. The maximum absolute atomic E-state index is 6.58. The van der Waals surface area contributed by atoms with Crippen molar-refractivity contribution in [1.29, 1.82) is 0 Å². The molecular weight excluding hydrogens is 635 g/mol. The highest BCUT2D eigenvalue weighted by atomic mass is 16.3. The van der Waals surface area contributed by atoms with Crippen LogP contribution in [0.15, 0.2) is 192 Å². The van der Waals surface area contributed by atoms with E-state index in [4.69, 9.17) is 4.42 Å². The fourth-order valence-corrected chi connectivity index (χ4v) is 8.25. The van der Waals surface area contributed by atoms with Gasteiger partial charge in [0.25, 0.3) is 0 Å². The van der Waals surface area contributed by atoms with Crippen molar-refractivity contribution in [3.05, 3.63) is 188 Å². The van der Waals surface area contributed by atoms with Crippen molar-refractivity contribution in [2.45, 2.75) is 0 Å². The Hall–Kier alpha value is -7.04. The lowest BCUT2D eigenvalue weighted by molar-refractivity contribution is 0.669. The van der Waals surface area contributed by atoms with Gasteiger partial charge in [0, 0.05) is 55.1 Å². The van der Waals surface area contributed by atoms with E-state index >= 15 is 0 Å². The summed E-state index contributed by atoms with van der Waals surface area (Å²) < 4.78 is 11.4. The first-order valence-electron chi connectivity index (χ1n) is 17.7. The molecule has 0 aliphatic carbocycles. The molecule has 3 aromatic heterocycles. The van der Waals surface area contributed by atoms with Crippen molar-refractivity contribution < 1.29 is 4.42 Å². The van der Waals surface area contributed by atoms with E-state index in [-0.39, 0.29) is 0 Å². The zero-order chi connectivity index (χ0) is 34.2. The highest BCUT2D eigenvalue weighted by Gasteiger charge is 2.22. The van der Waals surface area contributed by atoms with Crippen LogP contribution in [0.1, 0.15) is 0 Å². The number of fused-ring (bicyclic) bond motifs is 9. The van der Waals surface area contributed by atoms with Crippen molar-refractivity contribution in [1.82, 2.24) is 9.13 Å². The molecule has 0 amide bonds. The predicted octanol–water partition coefficient (Wildman–Crippen LogP) is 13.2. The summed E-state index contributed by atoms with van der Waals surface area (Å²) in [6.45, 7) is 0. The Labute approximate surface area is 299 Å². The van der Waals surface area contributed by atoms with Gasteiger partial charge >= 0.3 is 0 Å². The summed E-state index contributed by atoms with van der Waals surface area (Å²) in [7, 11) is 0. The van der Waals surface area contributed by atoms with Crippen molar-refractivity contribution in [2.24, 2.45) is 0 Å². The topological polar surface area (TPSA) is 26.2 Å². The Morgan fingerprint density at radius 1 is 0.346 bits per heavy atom. The lowest BCUT2D eigenvalue weighted by atomic mass is 10.1. The van der Waals surface area contributed by atoms with Gasteiger partial charge in [0.1, 0.15) is 5.58 Å². The van der Waals surface area contributed by atoms with Gasteiger partial charge in [0.15, 0.2) is 5.58 Å². The molecule has 0 fully saturated rings. The summed E-state index contributed by atoms with van der Waals surface area (Å²) >= 11 is 0. The highest BCUT2D eigenvalue weighted by Crippen LogP contribution is 2.44. The van der Waals surface area contributed by atoms with Crippen LogP contribution in [0, 0.1) is 0 Å². The van der Waals surface area contributed by atoms with E-state index in [1.54, 1.807) is 0 Å². The maximum atomic E-state index is 6.58.